The van der Waals surface area contributed by atoms with Crippen molar-refractivity contribution in [3.05, 3.63) is 0 Å². The van der Waals surface area contributed by atoms with Crippen LogP contribution >= 0.6 is 0 Å². The Morgan fingerprint density at radius 2 is 1.37 bits per heavy atom. The molecule has 0 saturated carbocycles. The number of hydrogen-bond donors (Lipinski definition) is 5. The lowest BCUT2D eigenvalue weighted by Crippen LogP contribution is -2.49. The third-order valence-electron chi connectivity index (χ3n) is 4.65. The summed E-state index contributed by atoms with van der Waals surface area (Å²) in [5.41, 5.74) is 15.6. The molecule has 0 aliphatic heterocycles. The molecule has 10 heteroatoms. The highest BCUT2D eigenvalue weighted by Gasteiger charge is 2.23. The summed E-state index contributed by atoms with van der Waals surface area (Å²) < 4.78 is 0. The number of carbonyl (C=O) groups is 5. The van der Waals surface area contributed by atoms with Gasteiger partial charge in [-0.15, -0.1) is 0 Å². The maximum atomic E-state index is 12.3. The third-order valence-corrected chi connectivity index (χ3v) is 4.65. The number of imide groups is 1. The first-order valence-electron chi connectivity index (χ1n) is 10.6. The van der Waals surface area contributed by atoms with Gasteiger partial charge in [0.15, 0.2) is 0 Å². The molecule has 0 spiro atoms. The summed E-state index contributed by atoms with van der Waals surface area (Å²) in [5, 5.41) is 4.71. The van der Waals surface area contributed by atoms with Gasteiger partial charge in [-0.25, -0.2) is 0 Å². The monoisotopic (exact) mass is 427 g/mol. The van der Waals surface area contributed by atoms with Gasteiger partial charge in [0.2, 0.25) is 29.5 Å². The van der Waals surface area contributed by atoms with Gasteiger partial charge in [0, 0.05) is 19.3 Å². The van der Waals surface area contributed by atoms with E-state index in [9.17, 15) is 24.0 Å². The molecule has 0 aromatic rings. The highest BCUT2D eigenvalue weighted by atomic mass is 16.2. The fraction of sp³-hybridized carbons (Fsp3) is 0.750. The van der Waals surface area contributed by atoms with Crippen molar-refractivity contribution in [2.45, 2.75) is 96.1 Å². The molecule has 0 radical (unpaired) electrons. The second kappa shape index (κ2) is 16.3. The molecule has 0 bridgehead atoms. The predicted octanol–water partition coefficient (Wildman–Crippen LogP) is 0.113. The van der Waals surface area contributed by atoms with Crippen molar-refractivity contribution in [1.29, 1.82) is 0 Å². The largest absolute Gasteiger partial charge is 0.370 e. The SMILES string of the molecule is CCCCCCCCCC(=O)NC(CCC(N)=O)C(=O)NC(=O)CCC(N)C(N)=O. The van der Waals surface area contributed by atoms with Gasteiger partial charge < -0.3 is 22.5 Å². The van der Waals surface area contributed by atoms with Crippen molar-refractivity contribution >= 4 is 29.5 Å². The molecule has 0 aliphatic carbocycles. The molecule has 2 unspecified atom stereocenters. The molecule has 2 atom stereocenters. The van der Waals surface area contributed by atoms with Gasteiger partial charge >= 0.3 is 0 Å². The van der Waals surface area contributed by atoms with Crippen LogP contribution in [0.5, 0.6) is 0 Å². The van der Waals surface area contributed by atoms with E-state index in [1.165, 1.54) is 19.3 Å². The van der Waals surface area contributed by atoms with Gasteiger partial charge in [-0.3, -0.25) is 29.3 Å². The molecule has 0 aliphatic rings. The van der Waals surface area contributed by atoms with E-state index in [0.717, 1.165) is 19.3 Å². The van der Waals surface area contributed by atoms with Gasteiger partial charge in [0.1, 0.15) is 6.04 Å². The molecule has 30 heavy (non-hydrogen) atoms. The van der Waals surface area contributed by atoms with Crippen LogP contribution in [0.15, 0.2) is 0 Å². The second-order valence-corrected chi connectivity index (χ2v) is 7.46. The van der Waals surface area contributed by atoms with Gasteiger partial charge in [-0.2, -0.15) is 0 Å². The molecule has 0 saturated heterocycles. The fourth-order valence-corrected chi connectivity index (χ4v) is 2.78. The van der Waals surface area contributed by atoms with Crippen molar-refractivity contribution in [2.75, 3.05) is 0 Å². The van der Waals surface area contributed by atoms with Crippen LogP contribution < -0.4 is 27.8 Å². The first-order chi connectivity index (χ1) is 14.2. The Kier molecular flexibility index (Phi) is 15.0. The van der Waals surface area contributed by atoms with Gasteiger partial charge in [-0.1, -0.05) is 45.4 Å². The standard InChI is InChI=1S/C20H37N5O5/c1-2-3-4-5-6-7-8-9-17(27)24-15(11-12-16(22)26)20(30)25-18(28)13-10-14(21)19(23)29/h14-15H,2-13,21H2,1H3,(H2,22,26)(H2,23,29)(H,24,27)(H,25,28,30). The molecular weight excluding hydrogens is 390 g/mol. The van der Waals surface area contributed by atoms with Crippen LogP contribution in [-0.2, 0) is 24.0 Å². The van der Waals surface area contributed by atoms with E-state index >= 15 is 0 Å². The molecule has 172 valence electrons. The first-order valence-corrected chi connectivity index (χ1v) is 10.6. The van der Waals surface area contributed by atoms with Crippen LogP contribution in [0.3, 0.4) is 0 Å². The molecule has 0 heterocycles. The molecule has 5 amide bonds. The number of primary amides is 2. The lowest BCUT2D eigenvalue weighted by Gasteiger charge is -2.18. The van der Waals surface area contributed by atoms with E-state index in [1.54, 1.807) is 0 Å². The van der Waals surface area contributed by atoms with Crippen LogP contribution in [0.25, 0.3) is 0 Å². The van der Waals surface area contributed by atoms with E-state index in [1.807, 2.05) is 0 Å². The maximum absolute atomic E-state index is 12.3. The van der Waals surface area contributed by atoms with Crippen LogP contribution in [0, 0.1) is 0 Å². The highest BCUT2D eigenvalue weighted by Crippen LogP contribution is 2.09. The van der Waals surface area contributed by atoms with Crippen molar-refractivity contribution in [2.24, 2.45) is 17.2 Å². The minimum absolute atomic E-state index is 0.00891. The molecule has 10 nitrogen and oxygen atoms in total. The summed E-state index contributed by atoms with van der Waals surface area (Å²) in [6.45, 7) is 2.15. The average molecular weight is 428 g/mol. The molecule has 0 fully saturated rings. The van der Waals surface area contributed by atoms with E-state index in [2.05, 4.69) is 17.6 Å². The van der Waals surface area contributed by atoms with Gasteiger partial charge in [0.05, 0.1) is 6.04 Å². The minimum Gasteiger partial charge on any atom is -0.370 e. The van der Waals surface area contributed by atoms with Crippen LogP contribution in [-0.4, -0.2) is 41.6 Å². The summed E-state index contributed by atoms with van der Waals surface area (Å²) in [5.74, 6) is -3.07. The summed E-state index contributed by atoms with van der Waals surface area (Å²) in [4.78, 5) is 58.3. The molecule has 8 N–H and O–H groups in total. The van der Waals surface area contributed by atoms with Crippen molar-refractivity contribution in [1.82, 2.24) is 10.6 Å². The van der Waals surface area contributed by atoms with E-state index in [-0.39, 0.29) is 38.0 Å². The first kappa shape index (κ1) is 27.5. The minimum atomic E-state index is -1.05. The Morgan fingerprint density at radius 1 is 0.767 bits per heavy atom. The zero-order chi connectivity index (χ0) is 22.9. The number of rotatable bonds is 17. The summed E-state index contributed by atoms with van der Waals surface area (Å²) in [6.07, 6.45) is 7.35. The quantitative estimate of drug-likeness (QED) is 0.205. The van der Waals surface area contributed by atoms with Crippen molar-refractivity contribution in [3.8, 4) is 0 Å². The Hall–Kier alpha value is -2.49. The van der Waals surface area contributed by atoms with E-state index in [4.69, 9.17) is 17.2 Å². The number of nitrogens with one attached hydrogen (secondary N) is 2. The number of hydrogen-bond acceptors (Lipinski definition) is 6. The van der Waals surface area contributed by atoms with Crippen LogP contribution in [0.1, 0.15) is 84.0 Å². The lowest BCUT2D eigenvalue weighted by molar-refractivity contribution is -0.134. The number of carbonyl (C=O) groups excluding carboxylic acids is 5. The van der Waals surface area contributed by atoms with Crippen LogP contribution in [0.4, 0.5) is 0 Å². The number of amides is 5. The molecule has 0 aromatic carbocycles. The Labute approximate surface area is 178 Å². The third kappa shape index (κ3) is 14.5. The van der Waals surface area contributed by atoms with Gasteiger partial charge in [0.25, 0.3) is 0 Å². The zero-order valence-corrected chi connectivity index (χ0v) is 17.9. The average Bonchev–Trinajstić information content (AvgIpc) is 2.68. The normalized spacial score (nSPS) is 12.6. The molecular formula is C20H37N5O5. The van der Waals surface area contributed by atoms with E-state index < -0.39 is 35.7 Å². The van der Waals surface area contributed by atoms with Crippen molar-refractivity contribution in [3.63, 3.8) is 0 Å². The Balaban J connectivity index is 4.47. The Bertz CT molecular complexity index is 582. The maximum Gasteiger partial charge on any atom is 0.249 e. The zero-order valence-electron chi connectivity index (χ0n) is 17.9. The second-order valence-electron chi connectivity index (χ2n) is 7.46. The van der Waals surface area contributed by atoms with E-state index in [0.29, 0.717) is 6.42 Å². The smallest absolute Gasteiger partial charge is 0.249 e. The van der Waals surface area contributed by atoms with Crippen LogP contribution in [0.2, 0.25) is 0 Å². The summed E-state index contributed by atoms with van der Waals surface area (Å²) in [6, 6.07) is -2.04. The summed E-state index contributed by atoms with van der Waals surface area (Å²) >= 11 is 0. The Morgan fingerprint density at radius 3 is 1.93 bits per heavy atom. The number of nitrogens with two attached hydrogens (primary N) is 3. The summed E-state index contributed by atoms with van der Waals surface area (Å²) in [7, 11) is 0. The molecule has 0 rings (SSSR count). The molecule has 0 aromatic heterocycles. The van der Waals surface area contributed by atoms with Gasteiger partial charge in [-0.05, 0) is 19.3 Å². The van der Waals surface area contributed by atoms with Crippen molar-refractivity contribution < 1.29 is 24.0 Å². The number of unbranched alkanes of at least 4 members (excludes halogenated alkanes) is 6. The topological polar surface area (TPSA) is 187 Å². The highest BCUT2D eigenvalue weighted by molar-refractivity contribution is 5.99. The fourth-order valence-electron chi connectivity index (χ4n) is 2.78. The predicted molar refractivity (Wildman–Crippen MR) is 113 cm³/mol. The lowest BCUT2D eigenvalue weighted by atomic mass is 10.1.